The van der Waals surface area contributed by atoms with Crippen molar-refractivity contribution in [3.63, 3.8) is 0 Å². The van der Waals surface area contributed by atoms with E-state index in [2.05, 4.69) is 197 Å². The smallest absolute Gasteiger partial charge is 0.208 e. The first-order valence-electron chi connectivity index (χ1n) is 17.5. The van der Waals surface area contributed by atoms with E-state index in [9.17, 15) is 0 Å². The molecular weight excluding hydrogens is 621 g/mol. The lowest BCUT2D eigenvalue weighted by Crippen LogP contribution is -2.43. The lowest BCUT2D eigenvalue weighted by molar-refractivity contribution is 0.317. The van der Waals surface area contributed by atoms with E-state index in [1.54, 1.807) is 0 Å². The number of aliphatic imine (C=N–C) groups is 1. The third-order valence-corrected chi connectivity index (χ3v) is 10.4. The van der Waals surface area contributed by atoms with Gasteiger partial charge in [0.05, 0.1) is 22.1 Å². The molecule has 242 valence electrons. The molecule has 0 aliphatic carbocycles. The Labute approximate surface area is 296 Å². The molecule has 51 heavy (non-hydrogen) atoms. The molecule has 9 aromatic rings. The molecule has 0 radical (unpaired) electrons. The Morgan fingerprint density at radius 2 is 0.980 bits per heavy atom. The van der Waals surface area contributed by atoms with Crippen LogP contribution in [0.5, 0.6) is 0 Å². The van der Waals surface area contributed by atoms with Crippen molar-refractivity contribution in [1.29, 1.82) is 0 Å². The molecule has 1 aliphatic heterocycles. The zero-order chi connectivity index (χ0) is 33.9. The molecule has 0 saturated carbocycles. The summed E-state index contributed by atoms with van der Waals surface area (Å²) in [5, 5.41) is 8.77. The average molecular weight is 655 g/mol. The standard InChI is InChI=1S/C47H34N4/c1-47(48-29-28-42(49-47)36-15-11-14-35(30-36)34-24-22-33(23-25-34)32-12-3-2-4-13-32)51-45-21-10-7-18-40(45)41-31-37(26-27-46(41)51)50-43-19-8-5-16-38(43)39-17-6-9-20-44(39)50/h2-31,49H,1H3. The van der Waals surface area contributed by atoms with Crippen LogP contribution in [0.3, 0.4) is 0 Å². The van der Waals surface area contributed by atoms with E-state index in [1.807, 2.05) is 6.21 Å². The lowest BCUT2D eigenvalue weighted by Gasteiger charge is -2.34. The van der Waals surface area contributed by atoms with Crippen LogP contribution in [0.2, 0.25) is 0 Å². The third kappa shape index (κ3) is 4.72. The van der Waals surface area contributed by atoms with E-state index >= 15 is 0 Å². The predicted molar refractivity (Wildman–Crippen MR) is 214 cm³/mol. The Morgan fingerprint density at radius 3 is 1.69 bits per heavy atom. The second-order valence-corrected chi connectivity index (χ2v) is 13.5. The summed E-state index contributed by atoms with van der Waals surface area (Å²) in [4.78, 5) is 5.10. The molecular formula is C47H34N4. The molecule has 1 aliphatic rings. The quantitative estimate of drug-likeness (QED) is 0.197. The molecule has 0 fully saturated rings. The molecule has 1 unspecified atom stereocenters. The van der Waals surface area contributed by atoms with Crippen molar-refractivity contribution < 1.29 is 0 Å². The number of hydrogen-bond acceptors (Lipinski definition) is 2. The molecule has 4 nitrogen and oxygen atoms in total. The van der Waals surface area contributed by atoms with Crippen LogP contribution in [0.1, 0.15) is 12.5 Å². The van der Waals surface area contributed by atoms with Crippen molar-refractivity contribution in [1.82, 2.24) is 14.5 Å². The molecule has 0 spiro atoms. The van der Waals surface area contributed by atoms with E-state index in [0.717, 1.165) is 28.0 Å². The van der Waals surface area contributed by atoms with E-state index in [-0.39, 0.29) is 0 Å². The number of aromatic nitrogens is 2. The first-order valence-corrected chi connectivity index (χ1v) is 17.5. The highest BCUT2D eigenvalue weighted by molar-refractivity contribution is 6.11. The van der Waals surface area contributed by atoms with Gasteiger partial charge in [-0.2, -0.15) is 0 Å². The van der Waals surface area contributed by atoms with Gasteiger partial charge < -0.3 is 9.88 Å². The summed E-state index contributed by atoms with van der Waals surface area (Å²) in [7, 11) is 0. The largest absolute Gasteiger partial charge is 0.344 e. The van der Waals surface area contributed by atoms with Crippen molar-refractivity contribution in [3.05, 3.63) is 181 Å². The third-order valence-electron chi connectivity index (χ3n) is 10.4. The minimum absolute atomic E-state index is 0.757. The minimum atomic E-state index is -0.757. The Kier molecular flexibility index (Phi) is 6.58. The first kappa shape index (κ1) is 29.3. The van der Waals surface area contributed by atoms with E-state index in [0.29, 0.717) is 0 Å². The molecule has 3 heterocycles. The molecule has 2 aromatic heterocycles. The van der Waals surface area contributed by atoms with Crippen molar-refractivity contribution in [3.8, 4) is 27.9 Å². The van der Waals surface area contributed by atoms with Crippen LogP contribution in [0.15, 0.2) is 181 Å². The summed E-state index contributed by atoms with van der Waals surface area (Å²) in [6.45, 7) is 2.16. The van der Waals surface area contributed by atoms with Crippen molar-refractivity contribution in [2.24, 2.45) is 4.99 Å². The fourth-order valence-corrected chi connectivity index (χ4v) is 7.99. The normalized spacial score (nSPS) is 15.8. The average Bonchev–Trinajstić information content (AvgIpc) is 3.72. The number of hydrogen-bond donors (Lipinski definition) is 1. The van der Waals surface area contributed by atoms with Gasteiger partial charge in [0, 0.05) is 39.1 Å². The number of allylic oxidation sites excluding steroid dienone is 1. The van der Waals surface area contributed by atoms with Gasteiger partial charge in [0.2, 0.25) is 5.79 Å². The Bertz CT molecular complexity index is 2780. The Hall–Kier alpha value is -6.65. The van der Waals surface area contributed by atoms with Gasteiger partial charge in [0.15, 0.2) is 0 Å². The molecule has 4 heteroatoms. The van der Waals surface area contributed by atoms with E-state index in [4.69, 9.17) is 4.99 Å². The number of benzene rings is 7. The van der Waals surface area contributed by atoms with Crippen LogP contribution in [-0.2, 0) is 5.79 Å². The van der Waals surface area contributed by atoms with Gasteiger partial charge in [-0.15, -0.1) is 0 Å². The van der Waals surface area contributed by atoms with Gasteiger partial charge in [-0.3, -0.25) is 4.57 Å². The highest BCUT2D eigenvalue weighted by Crippen LogP contribution is 2.39. The topological polar surface area (TPSA) is 34.2 Å². The number of nitrogens with one attached hydrogen (secondary N) is 1. The van der Waals surface area contributed by atoms with Crippen LogP contribution in [0.25, 0.3) is 77.2 Å². The SMILES string of the molecule is CC1(n2c3ccccc3c3cc(-n4c5ccccc5c5ccccc54)ccc32)N=CC=C(c2cccc(-c3ccc(-c4ccccc4)cc3)c2)N1. The fourth-order valence-electron chi connectivity index (χ4n) is 7.99. The van der Waals surface area contributed by atoms with Crippen molar-refractivity contribution in [2.75, 3.05) is 0 Å². The van der Waals surface area contributed by atoms with E-state index < -0.39 is 5.79 Å². The fraction of sp³-hybridized carbons (Fsp3) is 0.0426. The maximum absolute atomic E-state index is 5.10. The number of para-hydroxylation sites is 3. The molecule has 0 amide bonds. The van der Waals surface area contributed by atoms with Crippen LogP contribution >= 0.6 is 0 Å². The molecule has 10 rings (SSSR count). The van der Waals surface area contributed by atoms with Gasteiger partial charge in [0.25, 0.3) is 0 Å². The first-order chi connectivity index (χ1) is 25.1. The zero-order valence-electron chi connectivity index (χ0n) is 28.2. The van der Waals surface area contributed by atoms with Gasteiger partial charge in [0.1, 0.15) is 0 Å². The molecule has 7 aromatic carbocycles. The van der Waals surface area contributed by atoms with Gasteiger partial charge in [-0.1, -0.05) is 127 Å². The zero-order valence-corrected chi connectivity index (χ0v) is 28.2. The van der Waals surface area contributed by atoms with E-state index in [1.165, 1.54) is 54.8 Å². The van der Waals surface area contributed by atoms with Gasteiger partial charge >= 0.3 is 0 Å². The summed E-state index contributed by atoms with van der Waals surface area (Å²) in [6, 6.07) is 61.0. The monoisotopic (exact) mass is 654 g/mol. The predicted octanol–water partition coefficient (Wildman–Crippen LogP) is 11.6. The molecule has 1 N–H and O–H groups in total. The lowest BCUT2D eigenvalue weighted by atomic mass is 9.98. The summed E-state index contributed by atoms with van der Waals surface area (Å²) in [5.41, 5.74) is 12.8. The Balaban J connectivity index is 1.04. The van der Waals surface area contributed by atoms with Gasteiger partial charge in [-0.25, -0.2) is 4.99 Å². The second-order valence-electron chi connectivity index (χ2n) is 13.5. The van der Waals surface area contributed by atoms with Crippen LogP contribution in [-0.4, -0.2) is 15.3 Å². The highest BCUT2D eigenvalue weighted by Gasteiger charge is 2.31. The molecule has 0 saturated heterocycles. The second kappa shape index (κ2) is 11.5. The number of fused-ring (bicyclic) bond motifs is 6. The maximum Gasteiger partial charge on any atom is 0.208 e. The summed E-state index contributed by atoms with van der Waals surface area (Å²) in [6.07, 6.45) is 4.02. The minimum Gasteiger partial charge on any atom is -0.344 e. The molecule has 0 bridgehead atoms. The van der Waals surface area contributed by atoms with Crippen LogP contribution in [0.4, 0.5) is 0 Å². The van der Waals surface area contributed by atoms with Crippen LogP contribution < -0.4 is 5.32 Å². The highest BCUT2D eigenvalue weighted by atomic mass is 15.4. The summed E-state index contributed by atoms with van der Waals surface area (Å²) in [5.74, 6) is -0.757. The van der Waals surface area contributed by atoms with Crippen molar-refractivity contribution in [2.45, 2.75) is 12.7 Å². The van der Waals surface area contributed by atoms with Crippen LogP contribution in [0, 0.1) is 0 Å². The van der Waals surface area contributed by atoms with Gasteiger partial charge in [-0.05, 0) is 83.3 Å². The Morgan fingerprint density at radius 1 is 0.451 bits per heavy atom. The number of nitrogens with zero attached hydrogens (tertiary/aromatic N) is 3. The van der Waals surface area contributed by atoms with Crippen molar-refractivity contribution >= 4 is 55.5 Å². The molecule has 1 atom stereocenters. The number of rotatable bonds is 5. The maximum atomic E-state index is 5.10. The summed E-state index contributed by atoms with van der Waals surface area (Å²) < 4.78 is 4.74. The summed E-state index contributed by atoms with van der Waals surface area (Å²) >= 11 is 0.